The molecule has 108 valence electrons. The highest BCUT2D eigenvalue weighted by atomic mass is 16.4. The van der Waals surface area contributed by atoms with E-state index in [1.807, 2.05) is 13.8 Å². The average Bonchev–Trinajstić information content (AvgIpc) is 2.52. The van der Waals surface area contributed by atoms with Crippen LogP contribution in [0.5, 0.6) is 0 Å². The molecular weight excluding hydrogens is 248 g/mol. The van der Waals surface area contributed by atoms with Gasteiger partial charge in [-0.1, -0.05) is 13.8 Å². The second-order valence-corrected chi connectivity index (χ2v) is 5.64. The van der Waals surface area contributed by atoms with E-state index >= 15 is 0 Å². The Hall–Kier alpha value is -1.43. The first kappa shape index (κ1) is 15.6. The lowest BCUT2D eigenvalue weighted by Crippen LogP contribution is -2.48. The van der Waals surface area contributed by atoms with Gasteiger partial charge in [0, 0.05) is 6.04 Å². The van der Waals surface area contributed by atoms with E-state index < -0.39 is 18.1 Å². The van der Waals surface area contributed by atoms with Crippen molar-refractivity contribution < 1.29 is 19.5 Å². The molecule has 0 aromatic carbocycles. The maximum absolute atomic E-state index is 12.1. The molecule has 0 aromatic rings. The zero-order valence-electron chi connectivity index (χ0n) is 11.8. The number of hydrogen-bond acceptors (Lipinski definition) is 4. The lowest BCUT2D eigenvalue weighted by molar-refractivity contribution is -0.141. The fourth-order valence-corrected chi connectivity index (χ4v) is 2.28. The Kier molecular flexibility index (Phi) is 5.05. The van der Waals surface area contributed by atoms with Crippen LogP contribution in [0.3, 0.4) is 0 Å². The molecule has 0 aliphatic carbocycles. The largest absolute Gasteiger partial charge is 0.480 e. The smallest absolute Gasteiger partial charge is 0.320 e. The van der Waals surface area contributed by atoms with Gasteiger partial charge in [0.15, 0.2) is 0 Å². The van der Waals surface area contributed by atoms with Gasteiger partial charge < -0.3 is 5.11 Å². The molecule has 1 saturated heterocycles. The Morgan fingerprint density at radius 2 is 1.95 bits per heavy atom. The van der Waals surface area contributed by atoms with Gasteiger partial charge in [0.2, 0.25) is 11.8 Å². The summed E-state index contributed by atoms with van der Waals surface area (Å²) in [5.41, 5.74) is 0. The molecule has 0 bridgehead atoms. The Morgan fingerprint density at radius 1 is 1.37 bits per heavy atom. The van der Waals surface area contributed by atoms with Crippen molar-refractivity contribution in [1.82, 2.24) is 10.2 Å². The van der Waals surface area contributed by atoms with Crippen LogP contribution in [0.2, 0.25) is 0 Å². The summed E-state index contributed by atoms with van der Waals surface area (Å²) in [4.78, 5) is 36.1. The third-order valence-corrected chi connectivity index (χ3v) is 3.11. The number of likely N-dealkylation sites (tertiary alicyclic amines) is 1. The number of nitrogens with zero attached hydrogens (tertiary/aromatic N) is 1. The molecule has 0 radical (unpaired) electrons. The summed E-state index contributed by atoms with van der Waals surface area (Å²) in [5.74, 6) is -1.36. The van der Waals surface area contributed by atoms with E-state index in [4.69, 9.17) is 5.11 Å². The molecule has 19 heavy (non-hydrogen) atoms. The van der Waals surface area contributed by atoms with Crippen molar-refractivity contribution in [3.8, 4) is 0 Å². The van der Waals surface area contributed by atoms with Crippen molar-refractivity contribution in [1.29, 1.82) is 0 Å². The van der Waals surface area contributed by atoms with Gasteiger partial charge in [-0.05, 0) is 26.2 Å². The highest BCUT2D eigenvalue weighted by molar-refractivity contribution is 6.06. The minimum atomic E-state index is -0.989. The zero-order valence-corrected chi connectivity index (χ0v) is 11.8. The van der Waals surface area contributed by atoms with Gasteiger partial charge in [-0.3, -0.25) is 24.6 Å². The van der Waals surface area contributed by atoms with Crippen molar-refractivity contribution in [2.24, 2.45) is 5.92 Å². The number of rotatable bonds is 6. The number of imide groups is 1. The van der Waals surface area contributed by atoms with Gasteiger partial charge in [0.25, 0.3) is 0 Å². The molecule has 2 amide bonds. The van der Waals surface area contributed by atoms with Crippen molar-refractivity contribution in [3.63, 3.8) is 0 Å². The number of nitrogens with one attached hydrogen (secondary N) is 1. The second-order valence-electron chi connectivity index (χ2n) is 5.64. The van der Waals surface area contributed by atoms with Crippen LogP contribution in [-0.4, -0.2) is 45.9 Å². The van der Waals surface area contributed by atoms with E-state index in [1.54, 1.807) is 13.8 Å². The van der Waals surface area contributed by atoms with Crippen molar-refractivity contribution in [2.75, 3.05) is 0 Å². The SMILES string of the molecule is CC(C)CC(NC1CC(=O)N(C(C)C)C1=O)C(=O)O. The first-order valence-corrected chi connectivity index (χ1v) is 6.58. The Labute approximate surface area is 113 Å². The Balaban J connectivity index is 2.74. The number of amides is 2. The summed E-state index contributed by atoms with van der Waals surface area (Å²) >= 11 is 0. The molecule has 0 aromatic heterocycles. The van der Waals surface area contributed by atoms with E-state index in [1.165, 1.54) is 4.90 Å². The molecule has 1 rings (SSSR count). The van der Waals surface area contributed by atoms with Crippen LogP contribution in [0.1, 0.15) is 40.5 Å². The van der Waals surface area contributed by atoms with Gasteiger partial charge in [-0.15, -0.1) is 0 Å². The molecule has 6 nitrogen and oxygen atoms in total. The number of carboxylic acid groups (broad SMARTS) is 1. The molecule has 2 N–H and O–H groups in total. The van der Waals surface area contributed by atoms with Crippen molar-refractivity contribution >= 4 is 17.8 Å². The van der Waals surface area contributed by atoms with E-state index in [0.717, 1.165) is 0 Å². The molecule has 0 saturated carbocycles. The van der Waals surface area contributed by atoms with Gasteiger partial charge in [0.05, 0.1) is 12.5 Å². The van der Waals surface area contributed by atoms with Crippen LogP contribution >= 0.6 is 0 Å². The third kappa shape index (κ3) is 3.76. The van der Waals surface area contributed by atoms with Crippen LogP contribution in [0.15, 0.2) is 0 Å². The fourth-order valence-electron chi connectivity index (χ4n) is 2.28. The number of hydrogen-bond donors (Lipinski definition) is 2. The van der Waals surface area contributed by atoms with Gasteiger partial charge in [-0.25, -0.2) is 0 Å². The minimum Gasteiger partial charge on any atom is -0.480 e. The highest BCUT2D eigenvalue weighted by Gasteiger charge is 2.41. The Morgan fingerprint density at radius 3 is 2.32 bits per heavy atom. The Bertz CT molecular complexity index is 379. The molecule has 0 spiro atoms. The summed E-state index contributed by atoms with van der Waals surface area (Å²) < 4.78 is 0. The summed E-state index contributed by atoms with van der Waals surface area (Å²) in [6.07, 6.45) is 0.466. The molecule has 1 fully saturated rings. The molecular formula is C13H22N2O4. The van der Waals surface area contributed by atoms with E-state index in [-0.39, 0.29) is 30.2 Å². The van der Waals surface area contributed by atoms with E-state index in [9.17, 15) is 14.4 Å². The fraction of sp³-hybridized carbons (Fsp3) is 0.769. The van der Waals surface area contributed by atoms with Crippen LogP contribution < -0.4 is 5.32 Å². The lowest BCUT2D eigenvalue weighted by Gasteiger charge is -2.22. The molecule has 1 aliphatic heterocycles. The second kappa shape index (κ2) is 6.14. The average molecular weight is 270 g/mol. The predicted octanol–water partition coefficient (Wildman–Crippen LogP) is 0.611. The van der Waals surface area contributed by atoms with Crippen molar-refractivity contribution in [3.05, 3.63) is 0 Å². The summed E-state index contributed by atoms with van der Waals surface area (Å²) in [5, 5.41) is 11.9. The number of carbonyl (C=O) groups excluding carboxylic acids is 2. The van der Waals surface area contributed by atoms with E-state index in [0.29, 0.717) is 6.42 Å². The molecule has 2 atom stereocenters. The van der Waals surface area contributed by atoms with Crippen molar-refractivity contribution in [2.45, 2.75) is 58.7 Å². The molecule has 2 unspecified atom stereocenters. The maximum atomic E-state index is 12.1. The summed E-state index contributed by atoms with van der Waals surface area (Å²) in [7, 11) is 0. The molecule has 1 heterocycles. The number of carbonyl (C=O) groups is 3. The topological polar surface area (TPSA) is 86.7 Å². The minimum absolute atomic E-state index is 0.0406. The van der Waals surface area contributed by atoms with Crippen LogP contribution in [0.25, 0.3) is 0 Å². The normalized spacial score (nSPS) is 21.6. The number of aliphatic carboxylic acids is 1. The van der Waals surface area contributed by atoms with Gasteiger partial charge >= 0.3 is 5.97 Å². The predicted molar refractivity (Wildman–Crippen MR) is 69.4 cm³/mol. The third-order valence-electron chi connectivity index (χ3n) is 3.11. The quantitative estimate of drug-likeness (QED) is 0.691. The monoisotopic (exact) mass is 270 g/mol. The number of carboxylic acids is 1. The van der Waals surface area contributed by atoms with Gasteiger partial charge in [0.1, 0.15) is 6.04 Å². The summed E-state index contributed by atoms with van der Waals surface area (Å²) in [6, 6.07) is -1.70. The summed E-state index contributed by atoms with van der Waals surface area (Å²) in [6.45, 7) is 7.36. The lowest BCUT2D eigenvalue weighted by atomic mass is 10.0. The standard InChI is InChI=1S/C13H22N2O4/c1-7(2)5-10(13(18)19)14-9-6-11(16)15(8(3)4)12(9)17/h7-10,14H,5-6H2,1-4H3,(H,18,19). The maximum Gasteiger partial charge on any atom is 0.320 e. The van der Waals surface area contributed by atoms with Crippen LogP contribution in [-0.2, 0) is 14.4 Å². The van der Waals surface area contributed by atoms with E-state index in [2.05, 4.69) is 5.32 Å². The zero-order chi connectivity index (χ0) is 14.7. The first-order chi connectivity index (χ1) is 8.73. The van der Waals surface area contributed by atoms with Crippen LogP contribution in [0, 0.1) is 5.92 Å². The van der Waals surface area contributed by atoms with Gasteiger partial charge in [-0.2, -0.15) is 0 Å². The molecule has 6 heteroatoms. The molecule has 1 aliphatic rings. The highest BCUT2D eigenvalue weighted by Crippen LogP contribution is 2.17. The first-order valence-electron chi connectivity index (χ1n) is 6.58. The van der Waals surface area contributed by atoms with Crippen LogP contribution in [0.4, 0.5) is 0 Å².